The summed E-state index contributed by atoms with van der Waals surface area (Å²) in [6.45, 7) is 7.08. The lowest BCUT2D eigenvalue weighted by atomic mass is 9.92. The van der Waals surface area contributed by atoms with E-state index in [0.29, 0.717) is 18.2 Å². The summed E-state index contributed by atoms with van der Waals surface area (Å²) in [4.78, 5) is 25.4. The minimum Gasteiger partial charge on any atom is -0.496 e. The molecule has 1 atom stereocenters. The number of nitrogens with zero attached hydrogens (tertiary/aromatic N) is 3. The van der Waals surface area contributed by atoms with Crippen LogP contribution in [0.2, 0.25) is 0 Å². The molecule has 1 unspecified atom stereocenters. The second-order valence-corrected chi connectivity index (χ2v) is 8.99. The third kappa shape index (κ3) is 4.34. The van der Waals surface area contributed by atoms with Crippen molar-refractivity contribution in [2.45, 2.75) is 77.5 Å². The van der Waals surface area contributed by atoms with E-state index in [-0.39, 0.29) is 18.0 Å². The Balaban J connectivity index is 1.54. The Morgan fingerprint density at radius 3 is 2.77 bits per heavy atom. The summed E-state index contributed by atoms with van der Waals surface area (Å²) in [5, 5.41) is 0. The predicted molar refractivity (Wildman–Crippen MR) is 123 cm³/mol. The van der Waals surface area contributed by atoms with E-state index in [0.717, 1.165) is 35.5 Å². The van der Waals surface area contributed by atoms with Crippen LogP contribution in [0.5, 0.6) is 5.75 Å². The number of imidazole rings is 1. The number of H-pyrrole nitrogens is 1. The number of nitrogens with one attached hydrogen (secondary N) is 1. The number of carbonyl (C=O) groups is 1. The topological polar surface area (TPSA) is 61.5 Å². The molecule has 1 saturated carbocycles. The number of hydrogen-bond acceptors (Lipinski definition) is 4. The Morgan fingerprint density at radius 2 is 2.06 bits per heavy atom. The molecule has 1 aromatic heterocycles. The lowest BCUT2D eigenvalue weighted by Gasteiger charge is -2.37. The Morgan fingerprint density at radius 1 is 1.29 bits per heavy atom. The summed E-state index contributed by atoms with van der Waals surface area (Å²) in [6, 6.07) is 6.59. The summed E-state index contributed by atoms with van der Waals surface area (Å²) < 4.78 is 5.71. The summed E-state index contributed by atoms with van der Waals surface area (Å²) in [5.41, 5.74) is 3.88. The van der Waals surface area contributed by atoms with Crippen LogP contribution in [0.15, 0.2) is 30.7 Å². The molecule has 6 heteroatoms. The number of carbonyl (C=O) groups excluding carboxylic acids is 1. The Hall–Kier alpha value is -2.76. The van der Waals surface area contributed by atoms with Gasteiger partial charge in [-0.3, -0.25) is 4.79 Å². The van der Waals surface area contributed by atoms with Crippen LogP contribution in [-0.4, -0.2) is 44.9 Å². The molecule has 1 aromatic carbocycles. The van der Waals surface area contributed by atoms with Crippen molar-refractivity contribution < 1.29 is 9.53 Å². The van der Waals surface area contributed by atoms with Gasteiger partial charge in [0.05, 0.1) is 30.9 Å². The van der Waals surface area contributed by atoms with E-state index >= 15 is 0 Å². The number of aromatic amines is 1. The van der Waals surface area contributed by atoms with Crippen molar-refractivity contribution in [3.05, 3.63) is 53.2 Å². The maximum atomic E-state index is 13.5. The monoisotopic (exact) mass is 422 g/mol. The number of amides is 1. The van der Waals surface area contributed by atoms with Crippen LogP contribution in [-0.2, 0) is 6.54 Å². The van der Waals surface area contributed by atoms with Gasteiger partial charge in [-0.2, -0.15) is 0 Å². The molecule has 6 nitrogen and oxygen atoms in total. The SMILES string of the molecule is COc1cc(C(=O)N(C(C)C)C2CCCCC2)ccc1CN1C=Cc2[nH]cnc2C1C. The number of aromatic nitrogens is 2. The molecule has 166 valence electrons. The first-order valence-corrected chi connectivity index (χ1v) is 11.5. The first-order chi connectivity index (χ1) is 15.0. The molecule has 0 bridgehead atoms. The van der Waals surface area contributed by atoms with Crippen LogP contribution in [0, 0.1) is 0 Å². The Labute approximate surface area is 185 Å². The van der Waals surface area contributed by atoms with Gasteiger partial charge in [-0.25, -0.2) is 4.98 Å². The maximum absolute atomic E-state index is 13.5. The molecule has 1 fully saturated rings. The minimum atomic E-state index is 0.110. The summed E-state index contributed by atoms with van der Waals surface area (Å²) in [6.07, 6.45) is 11.8. The van der Waals surface area contributed by atoms with Crippen molar-refractivity contribution in [3.63, 3.8) is 0 Å². The number of methoxy groups -OCH3 is 1. The lowest BCUT2D eigenvalue weighted by Crippen LogP contribution is -2.45. The summed E-state index contributed by atoms with van der Waals surface area (Å²) in [5.74, 6) is 0.866. The molecule has 4 rings (SSSR count). The quantitative estimate of drug-likeness (QED) is 0.699. The molecule has 1 N–H and O–H groups in total. The number of benzene rings is 1. The summed E-state index contributed by atoms with van der Waals surface area (Å²) >= 11 is 0. The van der Waals surface area contributed by atoms with Crippen molar-refractivity contribution >= 4 is 12.0 Å². The van der Waals surface area contributed by atoms with Crippen LogP contribution in [0.4, 0.5) is 0 Å². The molecule has 1 aliphatic heterocycles. The van der Waals surface area contributed by atoms with Gasteiger partial charge < -0.3 is 19.5 Å². The first-order valence-electron chi connectivity index (χ1n) is 11.5. The third-order valence-electron chi connectivity index (χ3n) is 6.67. The highest BCUT2D eigenvalue weighted by Crippen LogP contribution is 2.32. The van der Waals surface area contributed by atoms with Crippen LogP contribution >= 0.6 is 0 Å². The predicted octanol–water partition coefficient (Wildman–Crippen LogP) is 5.15. The lowest BCUT2D eigenvalue weighted by molar-refractivity contribution is 0.0555. The maximum Gasteiger partial charge on any atom is 0.254 e. The molecule has 31 heavy (non-hydrogen) atoms. The molecule has 2 aromatic rings. The van der Waals surface area contributed by atoms with Gasteiger partial charge >= 0.3 is 0 Å². The highest BCUT2D eigenvalue weighted by Gasteiger charge is 2.29. The zero-order valence-corrected chi connectivity index (χ0v) is 19.1. The largest absolute Gasteiger partial charge is 0.496 e. The van der Waals surface area contributed by atoms with Crippen molar-refractivity contribution in [1.82, 2.24) is 19.8 Å². The van der Waals surface area contributed by atoms with E-state index in [9.17, 15) is 4.79 Å². The zero-order valence-electron chi connectivity index (χ0n) is 19.1. The van der Waals surface area contributed by atoms with Crippen LogP contribution in [0.1, 0.15) is 86.2 Å². The highest BCUT2D eigenvalue weighted by atomic mass is 16.5. The summed E-state index contributed by atoms with van der Waals surface area (Å²) in [7, 11) is 1.68. The molecule has 1 amide bonds. The fourth-order valence-corrected chi connectivity index (χ4v) is 4.96. The van der Waals surface area contributed by atoms with E-state index in [4.69, 9.17) is 4.74 Å². The molecule has 1 aliphatic carbocycles. The van der Waals surface area contributed by atoms with Crippen LogP contribution < -0.4 is 4.74 Å². The number of rotatable bonds is 6. The molecular formula is C25H34N4O2. The van der Waals surface area contributed by atoms with Crippen molar-refractivity contribution in [3.8, 4) is 5.75 Å². The van der Waals surface area contributed by atoms with E-state index in [1.165, 1.54) is 19.3 Å². The number of ether oxygens (including phenoxy) is 1. The van der Waals surface area contributed by atoms with Gasteiger partial charge in [-0.1, -0.05) is 25.3 Å². The van der Waals surface area contributed by atoms with Crippen molar-refractivity contribution in [2.75, 3.05) is 7.11 Å². The fourth-order valence-electron chi connectivity index (χ4n) is 4.96. The first kappa shape index (κ1) is 21.5. The normalized spacial score (nSPS) is 18.9. The van der Waals surface area contributed by atoms with Gasteiger partial charge in [0, 0.05) is 36.0 Å². The van der Waals surface area contributed by atoms with Gasteiger partial charge in [0.25, 0.3) is 5.91 Å². The highest BCUT2D eigenvalue weighted by molar-refractivity contribution is 5.95. The van der Waals surface area contributed by atoms with Crippen LogP contribution in [0.25, 0.3) is 6.08 Å². The molecule has 0 saturated heterocycles. The van der Waals surface area contributed by atoms with Gasteiger partial charge in [-0.15, -0.1) is 0 Å². The van der Waals surface area contributed by atoms with Crippen molar-refractivity contribution in [1.29, 1.82) is 0 Å². The Kier molecular flexibility index (Phi) is 6.35. The second kappa shape index (κ2) is 9.16. The smallest absolute Gasteiger partial charge is 0.254 e. The minimum absolute atomic E-state index is 0.110. The molecular weight excluding hydrogens is 388 g/mol. The van der Waals surface area contributed by atoms with Gasteiger partial charge in [-0.05, 0) is 51.8 Å². The average Bonchev–Trinajstić information content (AvgIpc) is 3.26. The van der Waals surface area contributed by atoms with Crippen molar-refractivity contribution in [2.24, 2.45) is 0 Å². The molecule has 2 heterocycles. The van der Waals surface area contributed by atoms with Gasteiger partial charge in [0.1, 0.15) is 5.75 Å². The number of fused-ring (bicyclic) bond motifs is 1. The van der Waals surface area contributed by atoms with E-state index in [1.54, 1.807) is 13.4 Å². The average molecular weight is 423 g/mol. The van der Waals surface area contributed by atoms with E-state index < -0.39 is 0 Å². The second-order valence-electron chi connectivity index (χ2n) is 8.99. The standard InChI is InChI=1S/C25H34N4O2/c1-17(2)29(21-8-6-5-7-9-21)25(30)19-10-11-20(23(14-19)31-4)15-28-13-12-22-24(18(28)3)27-16-26-22/h10-14,16-18,21H,5-9,15H2,1-4H3,(H,26,27). The molecule has 0 radical (unpaired) electrons. The number of hydrogen-bond donors (Lipinski definition) is 1. The van der Waals surface area contributed by atoms with Crippen LogP contribution in [0.3, 0.4) is 0 Å². The third-order valence-corrected chi connectivity index (χ3v) is 6.67. The molecule has 2 aliphatic rings. The molecule has 0 spiro atoms. The van der Waals surface area contributed by atoms with E-state index in [2.05, 4.69) is 52.8 Å². The van der Waals surface area contributed by atoms with E-state index in [1.807, 2.05) is 18.2 Å². The van der Waals surface area contributed by atoms with Gasteiger partial charge in [0.15, 0.2) is 0 Å². The Bertz CT molecular complexity index is 943. The zero-order chi connectivity index (χ0) is 22.0. The van der Waals surface area contributed by atoms with Gasteiger partial charge in [0.2, 0.25) is 0 Å². The fraction of sp³-hybridized carbons (Fsp3) is 0.520.